The van der Waals surface area contributed by atoms with E-state index in [9.17, 15) is 4.79 Å². The van der Waals surface area contributed by atoms with Gasteiger partial charge in [-0.1, -0.05) is 41.4 Å². The molecule has 2 fully saturated rings. The van der Waals surface area contributed by atoms with Crippen molar-refractivity contribution in [3.63, 3.8) is 0 Å². The van der Waals surface area contributed by atoms with Crippen LogP contribution >= 0.6 is 34.8 Å². The highest BCUT2D eigenvalue weighted by atomic mass is 35.6. The predicted octanol–water partition coefficient (Wildman–Crippen LogP) is 2.65. The van der Waals surface area contributed by atoms with E-state index in [-0.39, 0.29) is 5.97 Å². The van der Waals surface area contributed by atoms with Crippen molar-refractivity contribution in [1.29, 1.82) is 0 Å². The number of fused-ring (bicyclic) bond motifs is 1. The van der Waals surface area contributed by atoms with Crippen molar-refractivity contribution in [3.8, 4) is 0 Å². The molecular weight excluding hydrogens is 272 g/mol. The summed E-state index contributed by atoms with van der Waals surface area (Å²) in [6.45, 7) is 6.35. The van der Waals surface area contributed by atoms with Crippen molar-refractivity contribution in [1.82, 2.24) is 4.90 Å². The second kappa shape index (κ2) is 3.77. The lowest BCUT2D eigenvalue weighted by atomic mass is 9.90. The quantitative estimate of drug-likeness (QED) is 0.421. The molecule has 2 atom stereocenters. The van der Waals surface area contributed by atoms with Gasteiger partial charge in [0.25, 0.3) is 0 Å². The van der Waals surface area contributed by atoms with E-state index < -0.39 is 15.6 Å². The zero-order chi connectivity index (χ0) is 12.1. The lowest BCUT2D eigenvalue weighted by Gasteiger charge is -2.32. The van der Waals surface area contributed by atoms with Crippen molar-refractivity contribution < 1.29 is 9.53 Å². The molecule has 0 N–H and O–H groups in total. The van der Waals surface area contributed by atoms with Crippen molar-refractivity contribution in [2.75, 3.05) is 6.54 Å². The van der Waals surface area contributed by atoms with Crippen LogP contribution in [0.4, 0.5) is 0 Å². The molecule has 2 aliphatic heterocycles. The number of esters is 1. The van der Waals surface area contributed by atoms with Crippen LogP contribution in [0.2, 0.25) is 0 Å². The number of alkyl halides is 3. The van der Waals surface area contributed by atoms with E-state index in [1.165, 1.54) is 0 Å². The lowest BCUT2D eigenvalue weighted by Crippen LogP contribution is -2.49. The maximum absolute atomic E-state index is 12.0. The summed E-state index contributed by atoms with van der Waals surface area (Å²) >= 11 is 17.5. The molecule has 0 spiro atoms. The van der Waals surface area contributed by atoms with Gasteiger partial charge < -0.3 is 4.74 Å². The smallest absolute Gasteiger partial charge is 0.332 e. The molecule has 2 rings (SSSR count). The number of nitrogens with zero attached hydrogens (tertiary/aromatic N) is 1. The van der Waals surface area contributed by atoms with Gasteiger partial charge in [-0.2, -0.15) is 0 Å². The summed E-state index contributed by atoms with van der Waals surface area (Å²) in [4.78, 5) is 13.8. The van der Waals surface area contributed by atoms with Crippen LogP contribution in [-0.2, 0) is 9.53 Å². The van der Waals surface area contributed by atoms with E-state index in [4.69, 9.17) is 39.5 Å². The first-order chi connectivity index (χ1) is 7.30. The molecule has 0 saturated carbocycles. The SMILES string of the molecule is C=C(C)[C@]12CCCN1[C@H](C(Cl)(Cl)Cl)OC2=O. The largest absolute Gasteiger partial charge is 0.440 e. The number of rotatable bonds is 1. The Morgan fingerprint density at radius 3 is 2.75 bits per heavy atom. The number of ether oxygens (including phenoxy) is 1. The number of carbonyl (C=O) groups is 1. The van der Waals surface area contributed by atoms with Gasteiger partial charge in [0.1, 0.15) is 5.54 Å². The first kappa shape index (κ1) is 12.5. The molecule has 0 aliphatic carbocycles. The van der Waals surface area contributed by atoms with Gasteiger partial charge >= 0.3 is 5.97 Å². The molecule has 3 nitrogen and oxygen atoms in total. The molecule has 0 radical (unpaired) electrons. The van der Waals surface area contributed by atoms with Crippen LogP contribution in [0.25, 0.3) is 0 Å². The first-order valence-corrected chi connectivity index (χ1v) is 6.14. The minimum Gasteiger partial charge on any atom is -0.440 e. The van der Waals surface area contributed by atoms with Gasteiger partial charge in [-0.3, -0.25) is 0 Å². The summed E-state index contributed by atoms with van der Waals surface area (Å²) < 4.78 is 3.56. The number of halogens is 3. The van der Waals surface area contributed by atoms with Crippen molar-refractivity contribution in [3.05, 3.63) is 12.2 Å². The van der Waals surface area contributed by atoms with Crippen LogP contribution in [0.3, 0.4) is 0 Å². The zero-order valence-corrected chi connectivity index (χ0v) is 11.1. The van der Waals surface area contributed by atoms with Gasteiger partial charge in [0.2, 0.25) is 10.0 Å². The Kier molecular flexibility index (Phi) is 2.94. The summed E-state index contributed by atoms with van der Waals surface area (Å²) in [6.07, 6.45) is 0.738. The van der Waals surface area contributed by atoms with Crippen LogP contribution < -0.4 is 0 Å². The monoisotopic (exact) mass is 283 g/mol. The number of hydrogen-bond donors (Lipinski definition) is 0. The van der Waals surface area contributed by atoms with Gasteiger partial charge in [-0.25, -0.2) is 9.69 Å². The minimum absolute atomic E-state index is 0.353. The molecule has 2 aliphatic rings. The highest BCUT2D eigenvalue weighted by Gasteiger charge is 2.62. The van der Waals surface area contributed by atoms with Gasteiger partial charge in [0, 0.05) is 6.54 Å². The Bertz CT molecular complexity index is 352. The molecule has 2 saturated heterocycles. The Morgan fingerprint density at radius 1 is 1.62 bits per heavy atom. The molecule has 0 unspecified atom stereocenters. The van der Waals surface area contributed by atoms with Gasteiger partial charge in [0.05, 0.1) is 0 Å². The topological polar surface area (TPSA) is 29.5 Å². The Morgan fingerprint density at radius 2 is 2.25 bits per heavy atom. The number of cyclic esters (lactones) is 1. The van der Waals surface area contributed by atoms with Gasteiger partial charge in [-0.15, -0.1) is 0 Å². The summed E-state index contributed by atoms with van der Waals surface area (Å²) in [6, 6.07) is 0. The molecule has 6 heteroatoms. The Labute approximate surface area is 109 Å². The fourth-order valence-electron chi connectivity index (χ4n) is 2.52. The third-order valence-electron chi connectivity index (χ3n) is 3.25. The highest BCUT2D eigenvalue weighted by Crippen LogP contribution is 2.48. The van der Waals surface area contributed by atoms with E-state index in [0.29, 0.717) is 13.0 Å². The second-order valence-electron chi connectivity index (χ2n) is 4.24. The fraction of sp³-hybridized carbons (Fsp3) is 0.700. The minimum atomic E-state index is -1.63. The zero-order valence-electron chi connectivity index (χ0n) is 8.80. The molecule has 0 aromatic heterocycles. The van der Waals surface area contributed by atoms with Crippen molar-refractivity contribution in [2.24, 2.45) is 0 Å². The standard InChI is InChI=1S/C10H12Cl3NO2/c1-6(2)9-4-3-5-14(9)7(10(11,12)13)16-8(9)15/h7H,1,3-5H2,2H3/t7-,9-/m0/s1. The normalized spacial score (nSPS) is 35.0. The maximum Gasteiger partial charge on any atom is 0.332 e. The average molecular weight is 285 g/mol. The summed E-state index contributed by atoms with van der Waals surface area (Å²) in [7, 11) is 0. The van der Waals surface area contributed by atoms with Crippen LogP contribution in [-0.4, -0.2) is 33.0 Å². The molecule has 0 aromatic carbocycles. The van der Waals surface area contributed by atoms with Crippen molar-refractivity contribution >= 4 is 40.8 Å². The average Bonchev–Trinajstić information content (AvgIpc) is 2.64. The summed E-state index contributed by atoms with van der Waals surface area (Å²) in [5.74, 6) is -0.353. The predicted molar refractivity (Wildman–Crippen MR) is 63.7 cm³/mol. The van der Waals surface area contributed by atoms with Crippen LogP contribution in [0, 0.1) is 0 Å². The van der Waals surface area contributed by atoms with E-state index in [0.717, 1.165) is 12.0 Å². The summed E-state index contributed by atoms with van der Waals surface area (Å²) in [5.41, 5.74) is -0.0408. The molecule has 16 heavy (non-hydrogen) atoms. The van der Waals surface area contributed by atoms with Gasteiger partial charge in [0.15, 0.2) is 0 Å². The summed E-state index contributed by atoms with van der Waals surface area (Å²) in [5, 5.41) is 0. The molecule has 0 aromatic rings. The van der Waals surface area contributed by atoms with E-state index in [2.05, 4.69) is 6.58 Å². The second-order valence-corrected chi connectivity index (χ2v) is 6.61. The number of carbonyl (C=O) groups excluding carboxylic acids is 1. The van der Waals surface area contributed by atoms with Crippen molar-refractivity contribution in [2.45, 2.75) is 35.3 Å². The van der Waals surface area contributed by atoms with Crippen LogP contribution in [0.15, 0.2) is 12.2 Å². The Hall–Kier alpha value is 0.0400. The maximum atomic E-state index is 12.0. The molecule has 0 bridgehead atoms. The van der Waals surface area contributed by atoms with Crippen LogP contribution in [0.1, 0.15) is 19.8 Å². The molecule has 90 valence electrons. The van der Waals surface area contributed by atoms with E-state index >= 15 is 0 Å². The third-order valence-corrected chi connectivity index (χ3v) is 3.81. The highest BCUT2D eigenvalue weighted by molar-refractivity contribution is 6.68. The van der Waals surface area contributed by atoms with Crippen LogP contribution in [0.5, 0.6) is 0 Å². The van der Waals surface area contributed by atoms with Gasteiger partial charge in [-0.05, 0) is 25.3 Å². The fourth-order valence-corrected chi connectivity index (χ4v) is 3.00. The number of hydrogen-bond acceptors (Lipinski definition) is 3. The molecule has 2 heterocycles. The lowest BCUT2D eigenvalue weighted by molar-refractivity contribution is -0.144. The molecular formula is C10H12Cl3NO2. The third kappa shape index (κ3) is 1.57. The first-order valence-electron chi connectivity index (χ1n) is 5.00. The van der Waals surface area contributed by atoms with E-state index in [1.54, 1.807) is 6.92 Å². The Balaban J connectivity index is 2.41. The van der Waals surface area contributed by atoms with E-state index in [1.807, 2.05) is 4.90 Å². The molecule has 0 amide bonds.